The lowest BCUT2D eigenvalue weighted by Crippen LogP contribution is -2.44. The number of nitrogens with one attached hydrogen (secondary N) is 1. The zero-order valence-electron chi connectivity index (χ0n) is 11.1. The molecule has 1 fully saturated rings. The largest absolute Gasteiger partial charge is 0.379 e. The van der Waals surface area contributed by atoms with Crippen LogP contribution in [0.15, 0.2) is 0 Å². The molecule has 1 rings (SSSR count). The third kappa shape index (κ3) is 4.00. The van der Waals surface area contributed by atoms with Gasteiger partial charge in [-0.2, -0.15) is 0 Å². The Hall–Kier alpha value is -1.10. The minimum absolute atomic E-state index is 0.0113. The number of methoxy groups -OCH3 is 1. The van der Waals surface area contributed by atoms with Crippen LogP contribution in [0.2, 0.25) is 0 Å². The molecule has 2 amide bonds. The van der Waals surface area contributed by atoms with Crippen LogP contribution in [0, 0.1) is 0 Å². The molecule has 0 radical (unpaired) electrons. The van der Waals surface area contributed by atoms with Crippen molar-refractivity contribution in [3.8, 4) is 0 Å². The standard InChI is InChI=1S/C12H22N2O3/c1-9-11(16)14(7-5-10(15)13-9)8-6-12(2,3)17-4/h9H,5-8H2,1-4H3,(H,13,15). The molecule has 98 valence electrons. The first-order chi connectivity index (χ1) is 7.85. The molecular formula is C12H22N2O3. The molecule has 1 N–H and O–H groups in total. The summed E-state index contributed by atoms with van der Waals surface area (Å²) in [6, 6.07) is -0.421. The molecule has 1 saturated heterocycles. The summed E-state index contributed by atoms with van der Waals surface area (Å²) >= 11 is 0. The molecule has 1 heterocycles. The smallest absolute Gasteiger partial charge is 0.244 e. The molecular weight excluding hydrogens is 220 g/mol. The van der Waals surface area contributed by atoms with Crippen molar-refractivity contribution in [3.05, 3.63) is 0 Å². The predicted molar refractivity (Wildman–Crippen MR) is 64.5 cm³/mol. The zero-order valence-corrected chi connectivity index (χ0v) is 11.1. The molecule has 5 nitrogen and oxygen atoms in total. The topological polar surface area (TPSA) is 58.6 Å². The van der Waals surface area contributed by atoms with Gasteiger partial charge in [-0.15, -0.1) is 0 Å². The lowest BCUT2D eigenvalue weighted by molar-refractivity contribution is -0.133. The highest BCUT2D eigenvalue weighted by molar-refractivity contribution is 5.89. The summed E-state index contributed by atoms with van der Waals surface area (Å²) in [4.78, 5) is 25.0. The van der Waals surface area contributed by atoms with E-state index in [0.29, 0.717) is 19.5 Å². The molecule has 1 aliphatic rings. The predicted octanol–water partition coefficient (Wildman–Crippen LogP) is 0.539. The Morgan fingerprint density at radius 1 is 1.47 bits per heavy atom. The molecule has 0 spiro atoms. The second-order valence-corrected chi connectivity index (χ2v) is 5.08. The van der Waals surface area contributed by atoms with Gasteiger partial charge in [0.15, 0.2) is 0 Å². The third-order valence-corrected chi connectivity index (χ3v) is 3.20. The third-order valence-electron chi connectivity index (χ3n) is 3.20. The SMILES string of the molecule is COC(C)(C)CCN1CCC(=O)NC(C)C1=O. The Kier molecular flexibility index (Phi) is 4.51. The van der Waals surface area contributed by atoms with Crippen molar-refractivity contribution in [3.63, 3.8) is 0 Å². The summed E-state index contributed by atoms with van der Waals surface area (Å²) < 4.78 is 5.32. The highest BCUT2D eigenvalue weighted by Gasteiger charge is 2.27. The van der Waals surface area contributed by atoms with Crippen molar-refractivity contribution in [1.29, 1.82) is 0 Å². The number of carbonyl (C=O) groups excluding carboxylic acids is 2. The Morgan fingerprint density at radius 2 is 2.12 bits per heavy atom. The summed E-state index contributed by atoms with van der Waals surface area (Å²) in [5.41, 5.74) is -0.243. The van der Waals surface area contributed by atoms with Crippen molar-refractivity contribution < 1.29 is 14.3 Å². The van der Waals surface area contributed by atoms with Crippen LogP contribution in [0.3, 0.4) is 0 Å². The van der Waals surface area contributed by atoms with E-state index >= 15 is 0 Å². The van der Waals surface area contributed by atoms with Crippen LogP contribution in [-0.4, -0.2) is 48.6 Å². The first kappa shape index (κ1) is 14.0. The van der Waals surface area contributed by atoms with Gasteiger partial charge in [-0.3, -0.25) is 9.59 Å². The van der Waals surface area contributed by atoms with Crippen LogP contribution in [0.25, 0.3) is 0 Å². The summed E-state index contributed by atoms with van der Waals surface area (Å²) in [6.45, 7) is 6.82. The zero-order chi connectivity index (χ0) is 13.1. The average molecular weight is 242 g/mol. The van der Waals surface area contributed by atoms with Crippen LogP contribution in [0.4, 0.5) is 0 Å². The van der Waals surface area contributed by atoms with E-state index in [2.05, 4.69) is 5.32 Å². The summed E-state index contributed by atoms with van der Waals surface area (Å²) in [6.07, 6.45) is 1.14. The quantitative estimate of drug-likeness (QED) is 0.782. The molecule has 0 bridgehead atoms. The number of hydrogen-bond donors (Lipinski definition) is 1. The maximum Gasteiger partial charge on any atom is 0.244 e. The van der Waals surface area contributed by atoms with Gasteiger partial charge in [0, 0.05) is 26.6 Å². The molecule has 0 aromatic carbocycles. The molecule has 1 unspecified atom stereocenters. The van der Waals surface area contributed by atoms with Gasteiger partial charge in [0.2, 0.25) is 11.8 Å². The maximum absolute atomic E-state index is 12.0. The number of ether oxygens (including phenoxy) is 1. The molecule has 0 saturated carbocycles. The number of amides is 2. The van der Waals surface area contributed by atoms with E-state index in [9.17, 15) is 9.59 Å². The van der Waals surface area contributed by atoms with E-state index < -0.39 is 6.04 Å². The number of nitrogens with zero attached hydrogens (tertiary/aromatic N) is 1. The van der Waals surface area contributed by atoms with E-state index in [1.165, 1.54) is 0 Å². The van der Waals surface area contributed by atoms with Gasteiger partial charge in [0.1, 0.15) is 6.04 Å². The van der Waals surface area contributed by atoms with Gasteiger partial charge in [0.05, 0.1) is 5.60 Å². The van der Waals surface area contributed by atoms with E-state index in [-0.39, 0.29) is 17.4 Å². The lowest BCUT2D eigenvalue weighted by Gasteiger charge is -2.28. The minimum Gasteiger partial charge on any atom is -0.379 e. The molecule has 0 aromatic rings. The average Bonchev–Trinajstić information content (AvgIpc) is 2.38. The fourth-order valence-electron chi connectivity index (χ4n) is 1.72. The number of rotatable bonds is 4. The second-order valence-electron chi connectivity index (χ2n) is 5.08. The Morgan fingerprint density at radius 3 is 2.71 bits per heavy atom. The van der Waals surface area contributed by atoms with E-state index in [1.807, 2.05) is 13.8 Å². The molecule has 0 aliphatic carbocycles. The van der Waals surface area contributed by atoms with Gasteiger partial charge in [-0.25, -0.2) is 0 Å². The van der Waals surface area contributed by atoms with E-state index in [1.54, 1.807) is 18.9 Å². The van der Waals surface area contributed by atoms with Crippen molar-refractivity contribution in [2.45, 2.75) is 45.3 Å². The Labute approximate surface area is 102 Å². The normalized spacial score (nSPS) is 22.4. The summed E-state index contributed by atoms with van der Waals surface area (Å²) in [7, 11) is 1.66. The van der Waals surface area contributed by atoms with Gasteiger partial charge in [0.25, 0.3) is 0 Å². The Balaban J connectivity index is 2.57. The number of hydrogen-bond acceptors (Lipinski definition) is 3. The van der Waals surface area contributed by atoms with Crippen LogP contribution in [0.1, 0.15) is 33.6 Å². The minimum atomic E-state index is -0.421. The highest BCUT2D eigenvalue weighted by Crippen LogP contribution is 2.15. The summed E-state index contributed by atoms with van der Waals surface area (Å²) in [5, 5.41) is 2.67. The molecule has 5 heteroatoms. The van der Waals surface area contributed by atoms with Gasteiger partial charge < -0.3 is 15.0 Å². The first-order valence-corrected chi connectivity index (χ1v) is 5.99. The molecule has 17 heavy (non-hydrogen) atoms. The van der Waals surface area contributed by atoms with Crippen LogP contribution in [-0.2, 0) is 14.3 Å². The summed E-state index contributed by atoms with van der Waals surface area (Å²) in [5.74, 6) is -0.0675. The highest BCUT2D eigenvalue weighted by atomic mass is 16.5. The van der Waals surface area contributed by atoms with Gasteiger partial charge in [-0.1, -0.05) is 0 Å². The number of carbonyl (C=O) groups is 2. The molecule has 0 aromatic heterocycles. The van der Waals surface area contributed by atoms with Crippen molar-refractivity contribution in [1.82, 2.24) is 10.2 Å². The van der Waals surface area contributed by atoms with Crippen LogP contribution >= 0.6 is 0 Å². The van der Waals surface area contributed by atoms with Gasteiger partial charge >= 0.3 is 0 Å². The van der Waals surface area contributed by atoms with Gasteiger partial charge in [-0.05, 0) is 27.2 Å². The van der Waals surface area contributed by atoms with Crippen molar-refractivity contribution in [2.24, 2.45) is 0 Å². The van der Waals surface area contributed by atoms with E-state index in [0.717, 1.165) is 6.42 Å². The molecule has 1 aliphatic heterocycles. The molecule has 1 atom stereocenters. The van der Waals surface area contributed by atoms with Crippen molar-refractivity contribution >= 4 is 11.8 Å². The van der Waals surface area contributed by atoms with Crippen molar-refractivity contribution in [2.75, 3.05) is 20.2 Å². The first-order valence-electron chi connectivity index (χ1n) is 5.99. The van der Waals surface area contributed by atoms with Crippen LogP contribution < -0.4 is 5.32 Å². The monoisotopic (exact) mass is 242 g/mol. The van der Waals surface area contributed by atoms with E-state index in [4.69, 9.17) is 4.74 Å². The Bertz CT molecular complexity index is 302. The maximum atomic E-state index is 12.0. The fourth-order valence-corrected chi connectivity index (χ4v) is 1.72. The van der Waals surface area contributed by atoms with Crippen LogP contribution in [0.5, 0.6) is 0 Å². The lowest BCUT2D eigenvalue weighted by atomic mass is 10.0. The second kappa shape index (κ2) is 5.49. The fraction of sp³-hybridized carbons (Fsp3) is 0.833.